The van der Waals surface area contributed by atoms with E-state index in [4.69, 9.17) is 0 Å². The zero-order valence-electron chi connectivity index (χ0n) is 9.10. The Bertz CT molecular complexity index is 315. The maximum absolute atomic E-state index is 4.19. The number of pyridine rings is 1. The Kier molecular flexibility index (Phi) is 2.45. The fraction of sp³-hybridized carbons (Fsp3) is 0.615. The summed E-state index contributed by atoms with van der Waals surface area (Å²) in [5.74, 6) is 1.01. The van der Waals surface area contributed by atoms with Crippen LogP contribution in [0.5, 0.6) is 0 Å². The predicted octanol–water partition coefficient (Wildman–Crippen LogP) is 2.11. The van der Waals surface area contributed by atoms with Gasteiger partial charge in [-0.3, -0.25) is 4.98 Å². The second kappa shape index (κ2) is 3.93. The van der Waals surface area contributed by atoms with Gasteiger partial charge in [-0.15, -0.1) is 0 Å². The molecule has 1 atom stereocenters. The highest BCUT2D eigenvalue weighted by Crippen LogP contribution is 2.33. The van der Waals surface area contributed by atoms with E-state index in [0.29, 0.717) is 0 Å². The quantitative estimate of drug-likeness (QED) is 0.730. The van der Waals surface area contributed by atoms with Crippen molar-refractivity contribution >= 4 is 0 Å². The lowest BCUT2D eigenvalue weighted by atomic mass is 9.81. The molecular weight excluding hydrogens is 184 g/mol. The Morgan fingerprint density at radius 3 is 2.80 bits per heavy atom. The fourth-order valence-electron chi connectivity index (χ4n) is 3.09. The van der Waals surface area contributed by atoms with Crippen molar-refractivity contribution < 1.29 is 0 Å². The molecule has 0 saturated carbocycles. The fourth-order valence-corrected chi connectivity index (χ4v) is 3.09. The number of nitrogens with zero attached hydrogens (tertiary/aromatic N) is 2. The zero-order valence-corrected chi connectivity index (χ0v) is 9.10. The molecule has 0 amide bonds. The van der Waals surface area contributed by atoms with E-state index in [0.717, 1.165) is 12.0 Å². The minimum Gasteiger partial charge on any atom is -0.300 e. The average molecular weight is 202 g/mol. The third kappa shape index (κ3) is 1.91. The summed E-state index contributed by atoms with van der Waals surface area (Å²) in [7, 11) is 0. The number of hydrogen-bond donors (Lipinski definition) is 0. The molecule has 2 heteroatoms. The summed E-state index contributed by atoms with van der Waals surface area (Å²) in [6, 6.07) is 5.05. The molecule has 2 bridgehead atoms. The van der Waals surface area contributed by atoms with Gasteiger partial charge < -0.3 is 4.90 Å². The number of aromatic nitrogens is 1. The van der Waals surface area contributed by atoms with Crippen LogP contribution in [0.2, 0.25) is 0 Å². The lowest BCUT2D eigenvalue weighted by Crippen LogP contribution is -2.49. The van der Waals surface area contributed by atoms with E-state index < -0.39 is 0 Å². The number of rotatable bonds is 2. The highest BCUT2D eigenvalue weighted by molar-refractivity contribution is 5.11. The largest absolute Gasteiger partial charge is 0.300 e. The molecule has 0 N–H and O–H groups in total. The van der Waals surface area contributed by atoms with Crippen molar-refractivity contribution in [3.8, 4) is 0 Å². The topological polar surface area (TPSA) is 16.1 Å². The molecule has 3 aliphatic heterocycles. The Morgan fingerprint density at radius 1 is 1.33 bits per heavy atom. The van der Waals surface area contributed by atoms with Crippen molar-refractivity contribution in [2.75, 3.05) is 13.1 Å². The molecule has 0 aliphatic carbocycles. The van der Waals surface area contributed by atoms with E-state index in [-0.39, 0.29) is 0 Å². The van der Waals surface area contributed by atoms with Crippen LogP contribution in [0, 0.1) is 5.92 Å². The Labute approximate surface area is 91.3 Å². The van der Waals surface area contributed by atoms with Gasteiger partial charge in [-0.2, -0.15) is 0 Å². The molecule has 1 aromatic heterocycles. The van der Waals surface area contributed by atoms with Gasteiger partial charge in [0.1, 0.15) is 0 Å². The zero-order chi connectivity index (χ0) is 10.1. The number of fused-ring (bicyclic) bond motifs is 3. The number of piperidine rings is 3. The Morgan fingerprint density at radius 2 is 2.20 bits per heavy atom. The molecule has 3 aliphatic rings. The van der Waals surface area contributed by atoms with Gasteiger partial charge in [0.15, 0.2) is 0 Å². The molecule has 0 aromatic carbocycles. The van der Waals surface area contributed by atoms with Crippen LogP contribution in [-0.4, -0.2) is 29.0 Å². The van der Waals surface area contributed by atoms with Crippen LogP contribution < -0.4 is 0 Å². The van der Waals surface area contributed by atoms with Crippen molar-refractivity contribution in [3.05, 3.63) is 30.1 Å². The minimum atomic E-state index is 0.793. The van der Waals surface area contributed by atoms with Crippen molar-refractivity contribution in [3.63, 3.8) is 0 Å². The van der Waals surface area contributed by atoms with Crippen LogP contribution in [-0.2, 0) is 6.42 Å². The first kappa shape index (κ1) is 9.34. The lowest BCUT2D eigenvalue weighted by Gasteiger charge is -2.45. The molecule has 0 unspecified atom stereocenters. The lowest BCUT2D eigenvalue weighted by molar-refractivity contribution is 0.0498. The summed E-state index contributed by atoms with van der Waals surface area (Å²) in [6.07, 6.45) is 9.35. The molecule has 2 nitrogen and oxygen atoms in total. The van der Waals surface area contributed by atoms with Crippen molar-refractivity contribution in [1.82, 2.24) is 9.88 Å². The first-order valence-corrected chi connectivity index (χ1v) is 6.05. The van der Waals surface area contributed by atoms with E-state index in [1.165, 1.54) is 44.3 Å². The first-order chi connectivity index (χ1) is 7.42. The smallest absolute Gasteiger partial charge is 0.0300 e. The highest BCUT2D eigenvalue weighted by Gasteiger charge is 2.33. The molecule has 4 heterocycles. The summed E-state index contributed by atoms with van der Waals surface area (Å²) >= 11 is 0. The molecule has 0 spiro atoms. The van der Waals surface area contributed by atoms with Crippen LogP contribution in [0.15, 0.2) is 24.5 Å². The van der Waals surface area contributed by atoms with Gasteiger partial charge in [0.25, 0.3) is 0 Å². The second-order valence-corrected chi connectivity index (χ2v) is 4.93. The number of hydrogen-bond acceptors (Lipinski definition) is 2. The van der Waals surface area contributed by atoms with E-state index >= 15 is 0 Å². The van der Waals surface area contributed by atoms with Gasteiger partial charge >= 0.3 is 0 Å². The molecule has 1 aromatic rings. The minimum absolute atomic E-state index is 0.793. The van der Waals surface area contributed by atoms with Crippen LogP contribution in [0.3, 0.4) is 0 Å². The van der Waals surface area contributed by atoms with E-state index in [9.17, 15) is 0 Å². The normalized spacial score (nSPS) is 34.3. The van der Waals surface area contributed by atoms with Gasteiger partial charge in [-0.1, -0.05) is 6.07 Å². The van der Waals surface area contributed by atoms with Gasteiger partial charge in [-0.05, 0) is 56.3 Å². The van der Waals surface area contributed by atoms with Gasteiger partial charge in [0, 0.05) is 18.4 Å². The van der Waals surface area contributed by atoms with Crippen molar-refractivity contribution in [2.45, 2.75) is 31.7 Å². The molecule has 3 saturated heterocycles. The molecule has 0 radical (unpaired) electrons. The van der Waals surface area contributed by atoms with Gasteiger partial charge in [0.2, 0.25) is 0 Å². The molecule has 15 heavy (non-hydrogen) atoms. The maximum atomic E-state index is 4.19. The monoisotopic (exact) mass is 202 g/mol. The van der Waals surface area contributed by atoms with Crippen LogP contribution in [0.1, 0.15) is 24.8 Å². The van der Waals surface area contributed by atoms with Crippen molar-refractivity contribution in [1.29, 1.82) is 0 Å². The Balaban J connectivity index is 1.69. The van der Waals surface area contributed by atoms with Crippen LogP contribution >= 0.6 is 0 Å². The average Bonchev–Trinajstić information content (AvgIpc) is 2.32. The standard InChI is InChI=1S/C13H18N2/c1-2-12(10-14-5-1)9-13-8-11-3-6-15(13)7-4-11/h1-2,5,10-11,13H,3-4,6-9H2/t13-/m0/s1. The van der Waals surface area contributed by atoms with E-state index in [2.05, 4.69) is 16.0 Å². The van der Waals surface area contributed by atoms with E-state index in [1.54, 1.807) is 0 Å². The summed E-state index contributed by atoms with van der Waals surface area (Å²) in [4.78, 5) is 6.87. The summed E-state index contributed by atoms with van der Waals surface area (Å²) in [6.45, 7) is 2.66. The predicted molar refractivity (Wildman–Crippen MR) is 60.6 cm³/mol. The summed E-state index contributed by atoms with van der Waals surface area (Å²) < 4.78 is 0. The second-order valence-electron chi connectivity index (χ2n) is 4.93. The molecular formula is C13H18N2. The third-order valence-electron chi connectivity index (χ3n) is 3.97. The molecule has 4 rings (SSSR count). The Hall–Kier alpha value is -0.890. The van der Waals surface area contributed by atoms with E-state index in [1.807, 2.05) is 18.5 Å². The summed E-state index contributed by atoms with van der Waals surface area (Å²) in [5.41, 5.74) is 1.40. The molecule has 3 fully saturated rings. The van der Waals surface area contributed by atoms with Crippen molar-refractivity contribution in [2.24, 2.45) is 5.92 Å². The maximum Gasteiger partial charge on any atom is 0.0300 e. The van der Waals surface area contributed by atoms with Gasteiger partial charge in [0.05, 0.1) is 0 Å². The molecule has 80 valence electrons. The summed E-state index contributed by atoms with van der Waals surface area (Å²) in [5, 5.41) is 0. The third-order valence-corrected chi connectivity index (χ3v) is 3.97. The SMILES string of the molecule is c1cncc(C[C@@H]2CC3CCN2CC3)c1. The van der Waals surface area contributed by atoms with Gasteiger partial charge in [-0.25, -0.2) is 0 Å². The highest BCUT2D eigenvalue weighted by atomic mass is 15.2. The van der Waals surface area contributed by atoms with Crippen LogP contribution in [0.4, 0.5) is 0 Å². The van der Waals surface area contributed by atoms with Crippen LogP contribution in [0.25, 0.3) is 0 Å². The first-order valence-electron chi connectivity index (χ1n) is 6.05.